The molecule has 9 heteroatoms. The van der Waals surface area contributed by atoms with E-state index in [-0.39, 0.29) is 4.88 Å². The van der Waals surface area contributed by atoms with Crippen LogP contribution in [-0.4, -0.2) is 25.8 Å². The van der Waals surface area contributed by atoms with Crippen molar-refractivity contribution in [1.82, 2.24) is 0 Å². The number of aryl methyl sites for hydroxylation is 2. The Hall–Kier alpha value is -2.72. The smallest absolute Gasteiger partial charge is 0.351 e. The van der Waals surface area contributed by atoms with Crippen molar-refractivity contribution in [3.63, 3.8) is 0 Å². The third-order valence-corrected chi connectivity index (χ3v) is 18.6. The molecule has 0 saturated carbocycles. The van der Waals surface area contributed by atoms with E-state index >= 15 is 4.39 Å². The van der Waals surface area contributed by atoms with Crippen LogP contribution in [0.1, 0.15) is 233 Å². The maximum Gasteiger partial charge on any atom is 0.351 e. The minimum Gasteiger partial charge on any atom is -0.492 e. The number of carbonyl (C=O) groups is 1. The highest BCUT2D eigenvalue weighted by atomic mass is 32.1. The molecule has 0 atom stereocenters. The van der Waals surface area contributed by atoms with Crippen LogP contribution in [0.2, 0.25) is 0 Å². The molecule has 2 aromatic carbocycles. The molecule has 4 nitrogen and oxygen atoms in total. The molecule has 0 radical (unpaired) electrons. The van der Waals surface area contributed by atoms with Gasteiger partial charge in [-0.3, -0.25) is 0 Å². The van der Waals surface area contributed by atoms with Crippen LogP contribution in [0.3, 0.4) is 0 Å². The van der Waals surface area contributed by atoms with Crippen LogP contribution in [0, 0.1) is 19.7 Å². The summed E-state index contributed by atoms with van der Waals surface area (Å²) in [6, 6.07) is 9.09. The molecule has 0 unspecified atom stereocenters. The Balaban J connectivity index is 1.18. The summed E-state index contributed by atoms with van der Waals surface area (Å²) in [7, 11) is 0. The highest BCUT2D eigenvalue weighted by molar-refractivity contribution is 7.30. The van der Waals surface area contributed by atoms with Crippen molar-refractivity contribution < 1.29 is 23.4 Å². The minimum absolute atomic E-state index is 0.0924. The van der Waals surface area contributed by atoms with Gasteiger partial charge in [0.15, 0.2) is 5.82 Å². The molecule has 0 fully saturated rings. The molecule has 4 aromatic heterocycles. The van der Waals surface area contributed by atoms with E-state index in [0.29, 0.717) is 25.2 Å². The van der Waals surface area contributed by atoms with Crippen molar-refractivity contribution in [3.8, 4) is 21.3 Å². The molecule has 6 rings (SSSR count). The van der Waals surface area contributed by atoms with E-state index in [9.17, 15) is 4.79 Å². The fourth-order valence-electron chi connectivity index (χ4n) is 9.76. The molecule has 0 amide bonds. The Morgan fingerprint density at radius 1 is 0.485 bits per heavy atom. The van der Waals surface area contributed by atoms with Gasteiger partial charge >= 0.3 is 5.97 Å². The molecule has 376 valence electrons. The maximum absolute atomic E-state index is 16.5. The summed E-state index contributed by atoms with van der Waals surface area (Å²) in [5.41, 5.74) is 0. The number of hydrogen-bond acceptors (Lipinski definition) is 8. The minimum atomic E-state index is -0.538. The van der Waals surface area contributed by atoms with Gasteiger partial charge in [0.2, 0.25) is 0 Å². The van der Waals surface area contributed by atoms with Crippen LogP contribution in [0.25, 0.3) is 50.8 Å². The van der Waals surface area contributed by atoms with E-state index in [2.05, 4.69) is 52.0 Å². The first kappa shape index (κ1) is 54.6. The van der Waals surface area contributed by atoms with Crippen molar-refractivity contribution in [2.24, 2.45) is 0 Å². The van der Waals surface area contributed by atoms with Crippen LogP contribution >= 0.6 is 45.3 Å². The highest BCUT2D eigenvalue weighted by Gasteiger charge is 2.27. The zero-order valence-corrected chi connectivity index (χ0v) is 46.1. The summed E-state index contributed by atoms with van der Waals surface area (Å²) >= 11 is 6.36. The molecule has 4 heterocycles. The second-order valence-corrected chi connectivity index (χ2v) is 24.2. The van der Waals surface area contributed by atoms with Crippen LogP contribution in [0.15, 0.2) is 24.3 Å². The van der Waals surface area contributed by atoms with E-state index in [0.717, 1.165) is 89.2 Å². The van der Waals surface area contributed by atoms with Gasteiger partial charge in [0, 0.05) is 40.9 Å². The number of ether oxygens (including phenoxy) is 3. The van der Waals surface area contributed by atoms with E-state index < -0.39 is 11.8 Å². The number of hydrogen-bond donors (Lipinski definition) is 0. The largest absolute Gasteiger partial charge is 0.492 e. The number of thiophene rings is 4. The van der Waals surface area contributed by atoms with Gasteiger partial charge in [0.25, 0.3) is 0 Å². The molecule has 0 aliphatic heterocycles. The number of carbonyl (C=O) groups excluding carboxylic acids is 1. The lowest BCUT2D eigenvalue weighted by molar-refractivity contribution is 0.0499. The summed E-state index contributed by atoms with van der Waals surface area (Å²) in [6.45, 7) is 12.8. The van der Waals surface area contributed by atoms with E-state index in [1.165, 1.54) is 181 Å². The van der Waals surface area contributed by atoms with E-state index in [1.807, 2.05) is 6.92 Å². The Morgan fingerprint density at radius 2 is 0.956 bits per heavy atom. The number of halogens is 1. The molecule has 68 heavy (non-hydrogen) atoms. The summed E-state index contributed by atoms with van der Waals surface area (Å²) < 4.78 is 39.0. The molecule has 6 aromatic rings. The monoisotopic (exact) mass is 1000 g/mol. The van der Waals surface area contributed by atoms with E-state index in [1.54, 1.807) is 34.0 Å². The van der Waals surface area contributed by atoms with Crippen molar-refractivity contribution in [2.75, 3.05) is 19.8 Å². The number of benzene rings is 2. The molecule has 0 bridgehead atoms. The second-order valence-electron chi connectivity index (χ2n) is 19.6. The van der Waals surface area contributed by atoms with E-state index in [4.69, 9.17) is 14.2 Å². The van der Waals surface area contributed by atoms with Crippen LogP contribution in [0.5, 0.6) is 11.5 Å². The van der Waals surface area contributed by atoms with Crippen LogP contribution in [0.4, 0.5) is 4.39 Å². The Kier molecular flexibility index (Phi) is 24.3. The lowest BCUT2D eigenvalue weighted by Gasteiger charge is -2.16. The van der Waals surface area contributed by atoms with Gasteiger partial charge in [-0.05, 0) is 62.8 Å². The van der Waals surface area contributed by atoms with Crippen LogP contribution in [-0.2, 0) is 4.74 Å². The zero-order valence-electron chi connectivity index (χ0n) is 42.8. The lowest BCUT2D eigenvalue weighted by Crippen LogP contribution is -2.06. The van der Waals surface area contributed by atoms with Gasteiger partial charge in [-0.25, -0.2) is 9.18 Å². The predicted octanol–water partition coefficient (Wildman–Crippen LogP) is 21.6. The van der Waals surface area contributed by atoms with Crippen molar-refractivity contribution in [1.29, 1.82) is 0 Å². The first-order chi connectivity index (χ1) is 33.4. The number of rotatable bonds is 37. The molecule has 0 aliphatic carbocycles. The maximum atomic E-state index is 16.5. The predicted molar refractivity (Wildman–Crippen MR) is 300 cm³/mol. The zero-order chi connectivity index (χ0) is 47.9. The molecule has 0 aliphatic rings. The molecule has 0 N–H and O–H groups in total. The normalized spacial score (nSPS) is 11.9. The van der Waals surface area contributed by atoms with Gasteiger partial charge in [0.05, 0.1) is 34.1 Å². The SMILES string of the molecule is CCCCCCCCCCCCOC(=O)c1sc2c(C)sc(-c3cc4cc5c(OCCCCCCCCCCCC)c6sc(C)cc6c(OCCCCCCCCCCCC)c5cc4s3)c2c1F. The Bertz CT molecular complexity index is 2300. The first-order valence-corrected chi connectivity index (χ1v) is 30.7. The van der Waals surface area contributed by atoms with Crippen molar-refractivity contribution in [2.45, 2.75) is 227 Å². The average Bonchev–Trinajstić information content (AvgIpc) is 4.11. The number of esters is 1. The lowest BCUT2D eigenvalue weighted by atomic mass is 10.0. The standard InChI is InChI=1S/C59H85FO4S4/c1-6-9-12-15-18-21-24-27-30-33-36-62-53-47-42-49-45(40-46(47)54(56-48(53)39-43(4)65-56)63-37-34-31-28-25-22-19-16-13-10-7-2)41-50(67-49)57-51-52(60)58(68-55(51)44(5)66-57)59(61)64-38-35-32-29-26-23-20-17-14-11-8-3/h39-42H,6-38H2,1-5H3. The molecular formula is C59H85FO4S4. The summed E-state index contributed by atoms with van der Waals surface area (Å²) in [5.74, 6) is 0.936. The average molecular weight is 1010 g/mol. The third kappa shape index (κ3) is 15.9. The summed E-state index contributed by atoms with van der Waals surface area (Å²) in [5, 5.41) is 4.98. The number of unbranched alkanes of at least 4 members (excludes halogenated alkanes) is 27. The fourth-order valence-corrected chi connectivity index (χ4v) is 14.3. The quantitative estimate of drug-likeness (QED) is 0.0288. The molecule has 0 saturated heterocycles. The second kappa shape index (κ2) is 30.2. The van der Waals surface area contributed by atoms with Gasteiger partial charge in [-0.1, -0.05) is 194 Å². The fraction of sp³-hybridized carbons (Fsp3) is 0.644. The highest BCUT2D eigenvalue weighted by Crippen LogP contribution is 2.51. The molecule has 0 spiro atoms. The van der Waals surface area contributed by atoms with Crippen molar-refractivity contribution in [3.05, 3.63) is 44.7 Å². The summed E-state index contributed by atoms with van der Waals surface area (Å²) in [6.07, 6.45) is 37.9. The Labute approximate surface area is 426 Å². The Morgan fingerprint density at radius 3 is 1.49 bits per heavy atom. The van der Waals surface area contributed by atoms with Gasteiger partial charge < -0.3 is 14.2 Å². The van der Waals surface area contributed by atoms with Crippen LogP contribution < -0.4 is 9.47 Å². The number of fused-ring (bicyclic) bond motifs is 4. The third-order valence-electron chi connectivity index (χ3n) is 13.7. The molecular weight excluding hydrogens is 920 g/mol. The topological polar surface area (TPSA) is 44.8 Å². The van der Waals surface area contributed by atoms with Gasteiger partial charge in [0.1, 0.15) is 16.4 Å². The van der Waals surface area contributed by atoms with Gasteiger partial charge in [-0.2, -0.15) is 0 Å². The van der Waals surface area contributed by atoms with Gasteiger partial charge in [-0.15, -0.1) is 45.3 Å². The summed E-state index contributed by atoms with van der Waals surface area (Å²) in [4.78, 5) is 17.6. The first-order valence-electron chi connectivity index (χ1n) is 27.4. The van der Waals surface area contributed by atoms with Crippen molar-refractivity contribution >= 4 is 92.3 Å².